The van der Waals surface area contributed by atoms with Crippen LogP contribution in [0.25, 0.3) is 0 Å². The average Bonchev–Trinajstić information content (AvgIpc) is 2.47. The number of nitrogens with zero attached hydrogens (tertiary/aromatic N) is 2. The monoisotopic (exact) mass is 312 g/mol. The summed E-state index contributed by atoms with van der Waals surface area (Å²) < 4.78 is 10.3. The van der Waals surface area contributed by atoms with E-state index in [1.807, 2.05) is 25.2 Å². The van der Waals surface area contributed by atoms with Gasteiger partial charge in [-0.05, 0) is 24.6 Å². The first-order valence-electron chi connectivity index (χ1n) is 7.01. The van der Waals surface area contributed by atoms with Crippen LogP contribution in [0, 0.1) is 0 Å². The Balaban J connectivity index is 1.99. The van der Waals surface area contributed by atoms with E-state index >= 15 is 0 Å². The van der Waals surface area contributed by atoms with E-state index in [2.05, 4.69) is 4.90 Å². The molecule has 0 atom stereocenters. The minimum atomic E-state index is -0.0379. The maximum Gasteiger partial charge on any atom is 0.253 e. The Hall–Kier alpha value is -1.30. The molecule has 0 bridgehead atoms. The zero-order chi connectivity index (χ0) is 15.2. The normalized spacial score (nSPS) is 14.2. The van der Waals surface area contributed by atoms with E-state index in [1.54, 1.807) is 12.0 Å². The van der Waals surface area contributed by atoms with Crippen LogP contribution in [0.5, 0.6) is 0 Å². The Labute approximate surface area is 130 Å². The number of hydrogen-bond acceptors (Lipinski definition) is 4. The largest absolute Gasteiger partial charge is 0.385 e. The van der Waals surface area contributed by atoms with Gasteiger partial charge in [-0.3, -0.25) is 4.79 Å². The van der Waals surface area contributed by atoms with E-state index in [1.165, 1.54) is 0 Å². The summed E-state index contributed by atoms with van der Waals surface area (Å²) >= 11 is 6.05. The van der Waals surface area contributed by atoms with Crippen molar-refractivity contribution in [1.29, 1.82) is 0 Å². The van der Waals surface area contributed by atoms with E-state index in [0.29, 0.717) is 24.8 Å². The summed E-state index contributed by atoms with van der Waals surface area (Å²) in [7, 11) is 3.66. The first-order chi connectivity index (χ1) is 10.1. The van der Waals surface area contributed by atoms with Gasteiger partial charge in [-0.2, -0.15) is 0 Å². The molecule has 1 heterocycles. The molecule has 1 amide bonds. The van der Waals surface area contributed by atoms with E-state index in [9.17, 15) is 4.79 Å². The highest BCUT2D eigenvalue weighted by molar-refractivity contribution is 6.31. The SMILES string of the molecule is COCCCOCC(=O)N1CCN(C)c2ccc(Cl)cc21. The Morgan fingerprint density at radius 1 is 1.29 bits per heavy atom. The van der Waals surface area contributed by atoms with Crippen molar-refractivity contribution in [2.45, 2.75) is 6.42 Å². The van der Waals surface area contributed by atoms with Crippen LogP contribution in [-0.2, 0) is 14.3 Å². The van der Waals surface area contributed by atoms with Crippen molar-refractivity contribution in [1.82, 2.24) is 0 Å². The highest BCUT2D eigenvalue weighted by Gasteiger charge is 2.25. The highest BCUT2D eigenvalue weighted by Crippen LogP contribution is 2.34. The molecule has 6 heteroatoms. The van der Waals surface area contributed by atoms with Crippen molar-refractivity contribution in [2.75, 3.05) is 56.9 Å². The number of carbonyl (C=O) groups excluding carboxylic acids is 1. The van der Waals surface area contributed by atoms with E-state index < -0.39 is 0 Å². The molecular weight excluding hydrogens is 292 g/mol. The molecule has 0 N–H and O–H groups in total. The van der Waals surface area contributed by atoms with Gasteiger partial charge in [-0.25, -0.2) is 0 Å². The van der Waals surface area contributed by atoms with Crippen LogP contribution in [0.3, 0.4) is 0 Å². The maximum atomic E-state index is 12.3. The molecule has 21 heavy (non-hydrogen) atoms. The van der Waals surface area contributed by atoms with Crippen molar-refractivity contribution < 1.29 is 14.3 Å². The van der Waals surface area contributed by atoms with Gasteiger partial charge in [-0.1, -0.05) is 11.6 Å². The number of methoxy groups -OCH3 is 1. The number of amides is 1. The molecule has 2 rings (SSSR count). The van der Waals surface area contributed by atoms with Crippen molar-refractivity contribution in [3.8, 4) is 0 Å². The van der Waals surface area contributed by atoms with Gasteiger partial charge < -0.3 is 19.3 Å². The first kappa shape index (κ1) is 16.1. The fraction of sp³-hybridized carbons (Fsp3) is 0.533. The zero-order valence-corrected chi connectivity index (χ0v) is 13.2. The number of fused-ring (bicyclic) bond motifs is 1. The van der Waals surface area contributed by atoms with Gasteiger partial charge in [0.15, 0.2) is 0 Å². The lowest BCUT2D eigenvalue weighted by molar-refractivity contribution is -0.123. The molecule has 0 fully saturated rings. The number of benzene rings is 1. The Kier molecular flexibility index (Phi) is 5.85. The third-order valence-electron chi connectivity index (χ3n) is 3.46. The van der Waals surface area contributed by atoms with Crippen LogP contribution < -0.4 is 9.80 Å². The second-order valence-corrected chi connectivity index (χ2v) is 5.44. The lowest BCUT2D eigenvalue weighted by atomic mass is 10.1. The molecule has 1 aromatic carbocycles. The number of likely N-dealkylation sites (N-methyl/N-ethyl adjacent to an activating group) is 1. The third kappa shape index (κ3) is 4.09. The van der Waals surface area contributed by atoms with Gasteiger partial charge in [0.2, 0.25) is 0 Å². The molecule has 5 nitrogen and oxygen atoms in total. The quantitative estimate of drug-likeness (QED) is 0.755. The topological polar surface area (TPSA) is 42.0 Å². The van der Waals surface area contributed by atoms with Crippen LogP contribution in [-0.4, -0.2) is 53.0 Å². The Morgan fingerprint density at radius 2 is 2.10 bits per heavy atom. The summed E-state index contributed by atoms with van der Waals surface area (Å²) in [6.45, 7) is 2.68. The summed E-state index contributed by atoms with van der Waals surface area (Å²) in [4.78, 5) is 16.2. The number of halogens is 1. The molecular formula is C15H21ClN2O3. The Bertz CT molecular complexity index is 496. The number of rotatable bonds is 6. The molecule has 0 saturated carbocycles. The predicted molar refractivity (Wildman–Crippen MR) is 84.4 cm³/mol. The van der Waals surface area contributed by atoms with Crippen molar-refractivity contribution in [2.24, 2.45) is 0 Å². The molecule has 1 aliphatic rings. The zero-order valence-electron chi connectivity index (χ0n) is 12.5. The molecule has 0 aliphatic carbocycles. The van der Waals surface area contributed by atoms with Crippen molar-refractivity contribution >= 4 is 28.9 Å². The predicted octanol–water partition coefficient (Wildman–Crippen LogP) is 2.18. The molecule has 0 radical (unpaired) electrons. The molecule has 116 valence electrons. The highest BCUT2D eigenvalue weighted by atomic mass is 35.5. The fourth-order valence-electron chi connectivity index (χ4n) is 2.33. The molecule has 1 aromatic rings. The third-order valence-corrected chi connectivity index (χ3v) is 3.70. The number of hydrogen-bond donors (Lipinski definition) is 0. The second kappa shape index (κ2) is 7.64. The second-order valence-electron chi connectivity index (χ2n) is 5.00. The minimum Gasteiger partial charge on any atom is -0.385 e. The fourth-order valence-corrected chi connectivity index (χ4v) is 2.49. The lowest BCUT2D eigenvalue weighted by Gasteiger charge is -2.35. The van der Waals surface area contributed by atoms with Crippen LogP contribution >= 0.6 is 11.6 Å². The van der Waals surface area contributed by atoms with Gasteiger partial charge in [0.25, 0.3) is 5.91 Å². The minimum absolute atomic E-state index is 0.0379. The van der Waals surface area contributed by atoms with Gasteiger partial charge in [0.05, 0.1) is 11.4 Å². The summed E-state index contributed by atoms with van der Waals surface area (Å²) in [6.07, 6.45) is 0.787. The number of ether oxygens (including phenoxy) is 2. The van der Waals surface area contributed by atoms with E-state index in [4.69, 9.17) is 21.1 Å². The van der Waals surface area contributed by atoms with Gasteiger partial charge >= 0.3 is 0 Å². The van der Waals surface area contributed by atoms with Crippen molar-refractivity contribution in [3.05, 3.63) is 23.2 Å². The van der Waals surface area contributed by atoms with Crippen LogP contribution in [0.15, 0.2) is 18.2 Å². The van der Waals surface area contributed by atoms with Gasteiger partial charge in [0, 0.05) is 45.5 Å². The lowest BCUT2D eigenvalue weighted by Crippen LogP contribution is -2.44. The number of carbonyl (C=O) groups is 1. The van der Waals surface area contributed by atoms with Gasteiger partial charge in [-0.15, -0.1) is 0 Å². The first-order valence-corrected chi connectivity index (χ1v) is 7.39. The molecule has 0 spiro atoms. The summed E-state index contributed by atoms with van der Waals surface area (Å²) in [5, 5.41) is 0.628. The van der Waals surface area contributed by atoms with Crippen molar-refractivity contribution in [3.63, 3.8) is 0 Å². The summed E-state index contributed by atoms with van der Waals surface area (Å²) in [6, 6.07) is 5.61. The standard InChI is InChI=1S/C15H21ClN2O3/c1-17-6-7-18(14-10-12(16)4-5-13(14)17)15(19)11-21-9-3-8-20-2/h4-5,10H,3,6-9,11H2,1-2H3. The Morgan fingerprint density at radius 3 is 2.86 bits per heavy atom. The smallest absolute Gasteiger partial charge is 0.253 e. The molecule has 1 aliphatic heterocycles. The van der Waals surface area contributed by atoms with Crippen LogP contribution in [0.1, 0.15) is 6.42 Å². The number of anilines is 2. The molecule has 0 unspecified atom stereocenters. The molecule has 0 aromatic heterocycles. The van der Waals surface area contributed by atoms with E-state index in [-0.39, 0.29) is 12.5 Å². The summed E-state index contributed by atoms with van der Waals surface area (Å²) in [5.74, 6) is -0.0379. The van der Waals surface area contributed by atoms with Gasteiger partial charge in [0.1, 0.15) is 6.61 Å². The molecule has 0 saturated heterocycles. The van der Waals surface area contributed by atoms with E-state index in [0.717, 1.165) is 24.3 Å². The summed E-state index contributed by atoms with van der Waals surface area (Å²) in [5.41, 5.74) is 1.86. The van der Waals surface area contributed by atoms with Crippen LogP contribution in [0.4, 0.5) is 11.4 Å². The maximum absolute atomic E-state index is 12.3. The van der Waals surface area contributed by atoms with Crippen LogP contribution in [0.2, 0.25) is 5.02 Å². The average molecular weight is 313 g/mol.